The van der Waals surface area contributed by atoms with Crippen molar-refractivity contribution < 1.29 is 18.3 Å². The Labute approximate surface area is 234 Å². The summed E-state index contributed by atoms with van der Waals surface area (Å²) in [6.45, 7) is 0.935. The minimum atomic E-state index is -3.86. The van der Waals surface area contributed by atoms with Crippen molar-refractivity contribution in [1.29, 1.82) is 5.26 Å². The third-order valence-electron chi connectivity index (χ3n) is 7.81. The molecule has 2 fully saturated rings. The number of nitrogens with one attached hydrogen (secondary N) is 1. The van der Waals surface area contributed by atoms with E-state index in [4.69, 9.17) is 5.11 Å². The number of amides is 2. The van der Waals surface area contributed by atoms with Gasteiger partial charge in [-0.05, 0) is 42.9 Å². The predicted molar refractivity (Wildman–Crippen MR) is 148 cm³/mol. The van der Waals surface area contributed by atoms with E-state index in [0.717, 1.165) is 28.3 Å². The molecule has 2 N–H and O–H groups in total. The third kappa shape index (κ3) is 4.45. The second kappa shape index (κ2) is 10.2. The topological polar surface area (TPSA) is 157 Å². The summed E-state index contributed by atoms with van der Waals surface area (Å²) in [5, 5.41) is 22.8. The van der Waals surface area contributed by atoms with Gasteiger partial charge in [0.1, 0.15) is 12.7 Å². The minimum Gasteiger partial charge on any atom is -0.388 e. The van der Waals surface area contributed by atoms with Gasteiger partial charge in [0.15, 0.2) is 11.5 Å². The zero-order chi connectivity index (χ0) is 28.0. The maximum atomic E-state index is 13.3. The Morgan fingerprint density at radius 1 is 1.23 bits per heavy atom. The summed E-state index contributed by atoms with van der Waals surface area (Å²) in [5.41, 5.74) is 1.30. The van der Waals surface area contributed by atoms with Crippen molar-refractivity contribution in [2.24, 2.45) is 11.8 Å². The van der Waals surface area contributed by atoms with Crippen molar-refractivity contribution in [3.8, 4) is 6.07 Å². The van der Waals surface area contributed by atoms with Gasteiger partial charge in [0, 0.05) is 55.5 Å². The number of nitrogens with zero attached hydrogens (tertiary/aromatic N) is 7. The van der Waals surface area contributed by atoms with E-state index >= 15 is 0 Å². The molecule has 1 aliphatic carbocycles. The molecule has 0 radical (unpaired) electrons. The first-order valence-electron chi connectivity index (χ1n) is 12.7. The summed E-state index contributed by atoms with van der Waals surface area (Å²) in [6.07, 6.45) is 4.58. The Hall–Kier alpha value is -4.06. The highest BCUT2D eigenvalue weighted by Gasteiger charge is 2.44. The Bertz CT molecular complexity index is 1720. The second-order valence-corrected chi connectivity index (χ2v) is 12.6. The average molecular weight is 579 g/mol. The highest BCUT2D eigenvalue weighted by Crippen LogP contribution is 2.43. The molecule has 0 unspecified atom stereocenters. The Kier molecular flexibility index (Phi) is 6.65. The molecule has 3 atom stereocenters. The molecule has 1 saturated heterocycles. The highest BCUT2D eigenvalue weighted by atomic mass is 32.2. The molecule has 2 amide bonds. The van der Waals surface area contributed by atoms with Crippen molar-refractivity contribution in [3.05, 3.63) is 60.2 Å². The molecule has 4 aromatic rings. The molecule has 3 aromatic heterocycles. The number of benzene rings is 1. The largest absolute Gasteiger partial charge is 0.388 e. The summed E-state index contributed by atoms with van der Waals surface area (Å²) < 4.78 is 31.8. The van der Waals surface area contributed by atoms with Crippen molar-refractivity contribution in [2.75, 3.05) is 30.4 Å². The Morgan fingerprint density at radius 2 is 1.95 bits per heavy atom. The number of carbonyl (C=O) groups is 1. The SMILES string of the molecule is CN(c1c(C#N)cnc2c1ccn2S(=O)(=O)c1ccccc1)[C@H]1C[C@@H]2CN(C(=O)Nc3nc(CO)ns3)C[C@@H]2C1. The monoisotopic (exact) mass is 578 g/mol. The number of aliphatic hydroxyl groups is 1. The number of pyridine rings is 1. The lowest BCUT2D eigenvalue weighted by Gasteiger charge is -2.29. The summed E-state index contributed by atoms with van der Waals surface area (Å²) in [6, 6.07) is 12.0. The molecule has 40 heavy (non-hydrogen) atoms. The number of aliphatic hydroxyl groups excluding tert-OH is 1. The van der Waals surface area contributed by atoms with Crippen molar-refractivity contribution in [1.82, 2.24) is 23.2 Å². The zero-order valence-corrected chi connectivity index (χ0v) is 23.1. The van der Waals surface area contributed by atoms with Crippen LogP contribution in [0.3, 0.4) is 0 Å². The fraction of sp³-hybridized carbons (Fsp3) is 0.346. The number of hydrogen-bond donors (Lipinski definition) is 2. The summed E-state index contributed by atoms with van der Waals surface area (Å²) in [4.78, 5) is 25.2. The van der Waals surface area contributed by atoms with Crippen LogP contribution in [-0.2, 0) is 16.6 Å². The maximum Gasteiger partial charge on any atom is 0.323 e. The van der Waals surface area contributed by atoms with Crippen molar-refractivity contribution in [2.45, 2.75) is 30.4 Å². The maximum absolute atomic E-state index is 13.3. The number of rotatable bonds is 6. The van der Waals surface area contributed by atoms with Crippen molar-refractivity contribution >= 4 is 49.4 Å². The van der Waals surface area contributed by atoms with E-state index in [1.54, 1.807) is 41.3 Å². The lowest BCUT2D eigenvalue weighted by atomic mass is 10.0. The van der Waals surface area contributed by atoms with Gasteiger partial charge >= 0.3 is 6.03 Å². The predicted octanol–water partition coefficient (Wildman–Crippen LogP) is 2.87. The first-order valence-corrected chi connectivity index (χ1v) is 14.9. The molecule has 206 valence electrons. The van der Waals surface area contributed by atoms with E-state index in [-0.39, 0.29) is 35.0 Å². The van der Waals surface area contributed by atoms with Crippen LogP contribution in [0.4, 0.5) is 15.6 Å². The van der Waals surface area contributed by atoms with Gasteiger partial charge in [0.2, 0.25) is 5.13 Å². The van der Waals surface area contributed by atoms with E-state index in [9.17, 15) is 18.5 Å². The highest BCUT2D eigenvalue weighted by molar-refractivity contribution is 7.90. The van der Waals surface area contributed by atoms with E-state index in [1.807, 2.05) is 7.05 Å². The molecule has 0 spiro atoms. The second-order valence-electron chi connectivity index (χ2n) is 10.1. The number of urea groups is 1. The first-order chi connectivity index (χ1) is 19.3. The molecule has 12 nitrogen and oxygen atoms in total. The molecule has 14 heteroatoms. The van der Waals surface area contributed by atoms with Gasteiger partial charge in [0.05, 0.1) is 16.1 Å². The van der Waals surface area contributed by atoms with Crippen LogP contribution in [0, 0.1) is 23.2 Å². The summed E-state index contributed by atoms with van der Waals surface area (Å²) in [5.74, 6) is 0.873. The van der Waals surface area contributed by atoms with Crippen LogP contribution >= 0.6 is 11.5 Å². The number of carbonyl (C=O) groups excluding carboxylic acids is 1. The normalized spacial score (nSPS) is 20.4. The molecule has 0 bridgehead atoms. The van der Waals surface area contributed by atoms with Crippen LogP contribution < -0.4 is 10.2 Å². The van der Waals surface area contributed by atoms with Gasteiger partial charge in [-0.2, -0.15) is 9.64 Å². The lowest BCUT2D eigenvalue weighted by molar-refractivity contribution is 0.218. The third-order valence-corrected chi connectivity index (χ3v) is 10.2. The fourth-order valence-corrected chi connectivity index (χ4v) is 7.78. The Morgan fingerprint density at radius 3 is 2.60 bits per heavy atom. The molecular weight excluding hydrogens is 552 g/mol. The van der Waals surface area contributed by atoms with Gasteiger partial charge < -0.3 is 14.9 Å². The Balaban J connectivity index is 1.21. The lowest BCUT2D eigenvalue weighted by Crippen LogP contribution is -2.36. The van der Waals surface area contributed by atoms with Gasteiger partial charge in [0.25, 0.3) is 10.0 Å². The number of likely N-dealkylation sites (tertiary alicyclic amines) is 1. The van der Waals surface area contributed by atoms with Crippen molar-refractivity contribution in [3.63, 3.8) is 0 Å². The molecule has 4 heterocycles. The molecule has 2 aliphatic rings. The number of fused-ring (bicyclic) bond motifs is 2. The van der Waals surface area contributed by atoms with E-state index in [2.05, 4.69) is 30.6 Å². The quantitative estimate of drug-likeness (QED) is 0.351. The smallest absolute Gasteiger partial charge is 0.323 e. The summed E-state index contributed by atoms with van der Waals surface area (Å²) in [7, 11) is -1.93. The number of nitriles is 1. The number of anilines is 2. The van der Waals surface area contributed by atoms with E-state index < -0.39 is 10.0 Å². The summed E-state index contributed by atoms with van der Waals surface area (Å²) >= 11 is 1.03. The first kappa shape index (κ1) is 26.2. The van der Waals surface area contributed by atoms with Crippen LogP contribution in [-0.4, -0.2) is 68.9 Å². The van der Waals surface area contributed by atoms with Gasteiger partial charge in [-0.25, -0.2) is 27.2 Å². The van der Waals surface area contributed by atoms with Gasteiger partial charge in [-0.3, -0.25) is 5.32 Å². The molecule has 6 rings (SSSR count). The van der Waals surface area contributed by atoms with Crippen LogP contribution in [0.25, 0.3) is 11.0 Å². The van der Waals surface area contributed by atoms with Crippen LogP contribution in [0.15, 0.2) is 53.7 Å². The van der Waals surface area contributed by atoms with E-state index in [0.29, 0.717) is 46.7 Å². The zero-order valence-electron chi connectivity index (χ0n) is 21.5. The van der Waals surface area contributed by atoms with Crippen LogP contribution in [0.2, 0.25) is 0 Å². The standard InChI is InChI=1S/C26H26N8O4S2/c1-32(19-9-16-13-33(14-17(16)10-19)26(36)30-25-29-22(15-35)31-39-25)23-18(11-27)12-28-24-21(23)7-8-34(24)40(37,38)20-5-3-2-4-6-20/h2-8,12,16-17,19,35H,9-10,13-15H2,1H3,(H,29,30,31,36)/t16-,17+,19+. The fourth-order valence-electron chi connectivity index (χ4n) is 5.88. The molecule has 1 saturated carbocycles. The molecule has 1 aromatic carbocycles. The van der Waals surface area contributed by atoms with E-state index in [1.165, 1.54) is 12.4 Å². The molecule has 1 aliphatic heterocycles. The average Bonchev–Trinajstić information content (AvgIpc) is 3.75. The van der Waals surface area contributed by atoms with Gasteiger partial charge in [-0.15, -0.1) is 0 Å². The van der Waals surface area contributed by atoms with Crippen LogP contribution in [0.1, 0.15) is 24.2 Å². The molecular formula is C26H26N8O4S2. The number of aromatic nitrogens is 4. The minimum absolute atomic E-state index is 0.113. The van der Waals surface area contributed by atoms with Gasteiger partial charge in [-0.1, -0.05) is 18.2 Å². The van der Waals surface area contributed by atoms with Crippen LogP contribution in [0.5, 0.6) is 0 Å². The number of hydrogen-bond acceptors (Lipinski definition) is 10.